The standard InChI is InChI=1S/C14H17N3O2/c1-2-10-5-3-4-6-11(10)13-16-14(19-17-13)12-9-15-7-8-18-12/h3-6,12,15H,2,7-9H2,1H3/t12-/m1/s1. The van der Waals surface area contributed by atoms with E-state index < -0.39 is 0 Å². The number of nitrogens with zero attached hydrogens (tertiary/aromatic N) is 2. The molecule has 0 saturated carbocycles. The molecule has 2 aromatic rings. The minimum Gasteiger partial charge on any atom is -0.366 e. The molecule has 19 heavy (non-hydrogen) atoms. The van der Waals surface area contributed by atoms with Crippen LogP contribution < -0.4 is 5.32 Å². The maximum Gasteiger partial charge on any atom is 0.257 e. The molecule has 1 aliphatic rings. The average Bonchev–Trinajstić information content (AvgIpc) is 2.98. The molecule has 0 spiro atoms. The number of hydrogen-bond donors (Lipinski definition) is 1. The van der Waals surface area contributed by atoms with Gasteiger partial charge in [0.25, 0.3) is 5.89 Å². The van der Waals surface area contributed by atoms with E-state index in [-0.39, 0.29) is 6.10 Å². The first-order chi connectivity index (χ1) is 9.38. The van der Waals surface area contributed by atoms with Gasteiger partial charge in [-0.2, -0.15) is 4.98 Å². The molecule has 3 rings (SSSR count). The topological polar surface area (TPSA) is 60.2 Å². The zero-order chi connectivity index (χ0) is 13.1. The van der Waals surface area contributed by atoms with E-state index >= 15 is 0 Å². The van der Waals surface area contributed by atoms with Crippen LogP contribution in [0.25, 0.3) is 11.4 Å². The summed E-state index contributed by atoms with van der Waals surface area (Å²) < 4.78 is 10.9. The first kappa shape index (κ1) is 12.3. The Bertz CT molecular complexity index is 547. The largest absolute Gasteiger partial charge is 0.366 e. The van der Waals surface area contributed by atoms with Crippen molar-refractivity contribution in [3.8, 4) is 11.4 Å². The number of morpholine rings is 1. The molecule has 5 heteroatoms. The lowest BCUT2D eigenvalue weighted by Gasteiger charge is -2.19. The van der Waals surface area contributed by atoms with Crippen molar-refractivity contribution in [1.29, 1.82) is 0 Å². The summed E-state index contributed by atoms with van der Waals surface area (Å²) in [4.78, 5) is 4.47. The van der Waals surface area contributed by atoms with Crippen LogP contribution in [-0.2, 0) is 11.2 Å². The van der Waals surface area contributed by atoms with E-state index in [9.17, 15) is 0 Å². The van der Waals surface area contributed by atoms with Crippen LogP contribution in [0.3, 0.4) is 0 Å². The highest BCUT2D eigenvalue weighted by Gasteiger charge is 2.22. The molecule has 5 nitrogen and oxygen atoms in total. The normalized spacial score (nSPS) is 19.5. The Morgan fingerprint density at radius 3 is 3.05 bits per heavy atom. The molecule has 1 fully saturated rings. The van der Waals surface area contributed by atoms with Gasteiger partial charge in [0.1, 0.15) is 6.10 Å². The molecule has 2 heterocycles. The Labute approximate surface area is 112 Å². The van der Waals surface area contributed by atoms with Crippen molar-refractivity contribution < 1.29 is 9.26 Å². The Morgan fingerprint density at radius 1 is 1.37 bits per heavy atom. The summed E-state index contributed by atoms with van der Waals surface area (Å²) in [6.45, 7) is 4.38. The van der Waals surface area contributed by atoms with Crippen LogP contribution in [0.4, 0.5) is 0 Å². The van der Waals surface area contributed by atoms with Crippen molar-refractivity contribution in [2.75, 3.05) is 19.7 Å². The van der Waals surface area contributed by atoms with Gasteiger partial charge in [-0.05, 0) is 12.0 Å². The Balaban J connectivity index is 1.88. The molecule has 1 N–H and O–H groups in total. The second-order valence-electron chi connectivity index (χ2n) is 4.53. The summed E-state index contributed by atoms with van der Waals surface area (Å²) >= 11 is 0. The maximum absolute atomic E-state index is 5.61. The smallest absolute Gasteiger partial charge is 0.257 e. The van der Waals surface area contributed by atoms with E-state index in [1.165, 1.54) is 5.56 Å². The van der Waals surface area contributed by atoms with E-state index in [0.29, 0.717) is 18.3 Å². The fourth-order valence-electron chi connectivity index (χ4n) is 2.25. The number of aromatic nitrogens is 2. The SMILES string of the molecule is CCc1ccccc1-c1noc([C@H]2CNCCO2)n1. The molecule has 1 aromatic heterocycles. The molecule has 1 aromatic carbocycles. The minimum absolute atomic E-state index is 0.135. The molecule has 1 aliphatic heterocycles. The highest BCUT2D eigenvalue weighted by molar-refractivity contribution is 5.59. The van der Waals surface area contributed by atoms with Crippen molar-refractivity contribution in [2.24, 2.45) is 0 Å². The summed E-state index contributed by atoms with van der Waals surface area (Å²) in [5.41, 5.74) is 2.25. The molecular formula is C14H17N3O2. The minimum atomic E-state index is -0.135. The van der Waals surface area contributed by atoms with Gasteiger partial charge in [0.05, 0.1) is 6.61 Å². The van der Waals surface area contributed by atoms with E-state index in [0.717, 1.165) is 25.1 Å². The van der Waals surface area contributed by atoms with E-state index in [1.807, 2.05) is 18.2 Å². The third kappa shape index (κ3) is 2.52. The van der Waals surface area contributed by atoms with E-state index in [2.05, 4.69) is 28.4 Å². The second-order valence-corrected chi connectivity index (χ2v) is 4.53. The highest BCUT2D eigenvalue weighted by atomic mass is 16.5. The number of benzene rings is 1. The van der Waals surface area contributed by atoms with Crippen LogP contribution in [0.15, 0.2) is 28.8 Å². The molecule has 0 amide bonds. The number of nitrogens with one attached hydrogen (secondary N) is 1. The third-order valence-corrected chi connectivity index (χ3v) is 3.28. The summed E-state index contributed by atoms with van der Waals surface area (Å²) in [7, 11) is 0. The monoisotopic (exact) mass is 259 g/mol. The van der Waals surface area contributed by atoms with Crippen LogP contribution in [0.2, 0.25) is 0 Å². The summed E-state index contributed by atoms with van der Waals surface area (Å²) in [6, 6.07) is 8.12. The lowest BCUT2D eigenvalue weighted by molar-refractivity contribution is 0.00755. The highest BCUT2D eigenvalue weighted by Crippen LogP contribution is 2.24. The Hall–Kier alpha value is -1.72. The molecular weight excluding hydrogens is 242 g/mol. The van der Waals surface area contributed by atoms with Gasteiger partial charge in [-0.3, -0.25) is 0 Å². The molecule has 0 bridgehead atoms. The van der Waals surface area contributed by atoms with E-state index in [4.69, 9.17) is 9.26 Å². The van der Waals surface area contributed by atoms with Crippen LogP contribution >= 0.6 is 0 Å². The van der Waals surface area contributed by atoms with Crippen molar-refractivity contribution in [1.82, 2.24) is 15.5 Å². The first-order valence-corrected chi connectivity index (χ1v) is 6.62. The van der Waals surface area contributed by atoms with E-state index in [1.54, 1.807) is 0 Å². The van der Waals surface area contributed by atoms with Gasteiger partial charge >= 0.3 is 0 Å². The molecule has 100 valence electrons. The molecule has 1 saturated heterocycles. The van der Waals surface area contributed by atoms with Crippen LogP contribution in [0, 0.1) is 0 Å². The van der Waals surface area contributed by atoms with Crippen molar-refractivity contribution in [3.05, 3.63) is 35.7 Å². The average molecular weight is 259 g/mol. The van der Waals surface area contributed by atoms with Crippen molar-refractivity contribution in [2.45, 2.75) is 19.4 Å². The van der Waals surface area contributed by atoms with Crippen LogP contribution in [0.1, 0.15) is 24.5 Å². The summed E-state index contributed by atoms with van der Waals surface area (Å²) in [5, 5.41) is 7.33. The maximum atomic E-state index is 5.61. The number of rotatable bonds is 3. The number of hydrogen-bond acceptors (Lipinski definition) is 5. The van der Waals surface area contributed by atoms with Gasteiger partial charge in [-0.15, -0.1) is 0 Å². The third-order valence-electron chi connectivity index (χ3n) is 3.28. The Kier molecular flexibility index (Phi) is 3.57. The first-order valence-electron chi connectivity index (χ1n) is 6.62. The lowest BCUT2D eigenvalue weighted by atomic mass is 10.1. The quantitative estimate of drug-likeness (QED) is 0.913. The van der Waals surface area contributed by atoms with Gasteiger partial charge in [0, 0.05) is 18.7 Å². The Morgan fingerprint density at radius 2 is 2.26 bits per heavy atom. The molecule has 1 atom stereocenters. The zero-order valence-electron chi connectivity index (χ0n) is 10.9. The lowest BCUT2D eigenvalue weighted by Crippen LogP contribution is -2.33. The van der Waals surface area contributed by atoms with Gasteiger partial charge in [0.15, 0.2) is 0 Å². The summed E-state index contributed by atoms with van der Waals surface area (Å²) in [6.07, 6.45) is 0.811. The molecule has 0 aliphatic carbocycles. The predicted octanol–water partition coefficient (Wildman–Crippen LogP) is 1.96. The fourth-order valence-corrected chi connectivity index (χ4v) is 2.25. The summed E-state index contributed by atoms with van der Waals surface area (Å²) in [5.74, 6) is 1.19. The van der Waals surface area contributed by atoms with Crippen LogP contribution in [0.5, 0.6) is 0 Å². The van der Waals surface area contributed by atoms with Gasteiger partial charge in [-0.25, -0.2) is 0 Å². The zero-order valence-corrected chi connectivity index (χ0v) is 10.9. The molecule has 0 unspecified atom stereocenters. The van der Waals surface area contributed by atoms with Crippen molar-refractivity contribution >= 4 is 0 Å². The van der Waals surface area contributed by atoms with Gasteiger partial charge in [-0.1, -0.05) is 36.3 Å². The van der Waals surface area contributed by atoms with Crippen LogP contribution in [-0.4, -0.2) is 29.8 Å². The molecule has 0 radical (unpaired) electrons. The van der Waals surface area contributed by atoms with Gasteiger partial charge < -0.3 is 14.6 Å². The second kappa shape index (κ2) is 5.50. The predicted molar refractivity (Wildman–Crippen MR) is 70.7 cm³/mol. The number of ether oxygens (including phenoxy) is 1. The fraction of sp³-hybridized carbons (Fsp3) is 0.429. The van der Waals surface area contributed by atoms with Crippen molar-refractivity contribution in [3.63, 3.8) is 0 Å². The van der Waals surface area contributed by atoms with Gasteiger partial charge in [0.2, 0.25) is 5.82 Å². The number of aryl methyl sites for hydroxylation is 1.